The van der Waals surface area contributed by atoms with Crippen molar-refractivity contribution in [3.63, 3.8) is 0 Å². The number of rotatable bonds is 8. The maximum atomic E-state index is 9.73. The number of hydrogen-bond donors (Lipinski definition) is 2. The fourth-order valence-corrected chi connectivity index (χ4v) is 1.91. The highest BCUT2D eigenvalue weighted by Crippen LogP contribution is 2.28. The van der Waals surface area contributed by atoms with Gasteiger partial charge in [-0.3, -0.25) is 4.68 Å². The number of nitrogens with zero attached hydrogens (tertiary/aromatic N) is 2. The topological polar surface area (TPSA) is 59.3 Å². The zero-order valence-electron chi connectivity index (χ0n) is 11.2. The first-order chi connectivity index (χ1) is 8.65. The molecule has 5 nitrogen and oxygen atoms in total. The minimum absolute atomic E-state index is 0.426. The molecule has 5 heteroatoms. The summed E-state index contributed by atoms with van der Waals surface area (Å²) in [5.41, 5.74) is 2.20. The lowest BCUT2D eigenvalue weighted by Gasteiger charge is -2.12. The van der Waals surface area contributed by atoms with Crippen molar-refractivity contribution in [2.24, 2.45) is 13.0 Å². The molecule has 1 aliphatic rings. The predicted octanol–water partition coefficient (Wildman–Crippen LogP) is 0.606. The second-order valence-corrected chi connectivity index (χ2v) is 5.18. The number of hydrogen-bond acceptors (Lipinski definition) is 4. The minimum Gasteiger partial charge on any atom is -0.389 e. The van der Waals surface area contributed by atoms with Gasteiger partial charge in [0.05, 0.1) is 18.4 Å². The maximum Gasteiger partial charge on any atom is 0.0897 e. The van der Waals surface area contributed by atoms with E-state index in [0.29, 0.717) is 13.2 Å². The van der Waals surface area contributed by atoms with Crippen LogP contribution < -0.4 is 5.32 Å². The first-order valence-electron chi connectivity index (χ1n) is 6.61. The highest BCUT2D eigenvalue weighted by molar-refractivity contribution is 5.14. The fourth-order valence-electron chi connectivity index (χ4n) is 1.91. The molecule has 1 fully saturated rings. The van der Waals surface area contributed by atoms with Crippen molar-refractivity contribution in [3.8, 4) is 0 Å². The highest BCUT2D eigenvalue weighted by atomic mass is 16.5. The molecule has 0 aromatic carbocycles. The minimum atomic E-state index is -0.430. The first kappa shape index (κ1) is 13.5. The summed E-state index contributed by atoms with van der Waals surface area (Å²) in [7, 11) is 1.91. The van der Waals surface area contributed by atoms with Crippen molar-refractivity contribution in [1.82, 2.24) is 15.1 Å². The summed E-state index contributed by atoms with van der Waals surface area (Å²) < 4.78 is 7.25. The summed E-state index contributed by atoms with van der Waals surface area (Å²) in [5, 5.41) is 17.2. The van der Waals surface area contributed by atoms with E-state index in [1.54, 1.807) is 0 Å². The molecule has 0 aliphatic heterocycles. The third-order valence-electron chi connectivity index (χ3n) is 3.17. The van der Waals surface area contributed by atoms with E-state index >= 15 is 0 Å². The lowest BCUT2D eigenvalue weighted by Crippen LogP contribution is -2.30. The molecule has 1 heterocycles. The molecule has 1 aromatic rings. The fraction of sp³-hybridized carbons (Fsp3) is 0.769. The third-order valence-corrected chi connectivity index (χ3v) is 3.17. The van der Waals surface area contributed by atoms with E-state index in [4.69, 9.17) is 4.74 Å². The van der Waals surface area contributed by atoms with Crippen LogP contribution in [0.2, 0.25) is 0 Å². The summed E-state index contributed by atoms with van der Waals surface area (Å²) in [5.74, 6) is 0.753. The number of aromatic nitrogens is 2. The Hall–Kier alpha value is -0.910. The molecule has 1 unspecified atom stereocenters. The van der Waals surface area contributed by atoms with Gasteiger partial charge in [0.15, 0.2) is 0 Å². The van der Waals surface area contributed by atoms with Gasteiger partial charge in [-0.2, -0.15) is 5.10 Å². The molecular weight excluding hydrogens is 230 g/mol. The van der Waals surface area contributed by atoms with Crippen LogP contribution in [0.15, 0.2) is 6.20 Å². The summed E-state index contributed by atoms with van der Waals surface area (Å²) in [6.45, 7) is 4.51. The van der Waals surface area contributed by atoms with Gasteiger partial charge in [-0.15, -0.1) is 0 Å². The van der Waals surface area contributed by atoms with E-state index < -0.39 is 6.10 Å². The third kappa shape index (κ3) is 4.40. The monoisotopic (exact) mass is 253 g/mol. The molecule has 1 aliphatic carbocycles. The SMILES string of the molecule is Cc1nn(C)cc1CNCC(O)COCC1CC1. The Labute approximate surface area is 108 Å². The van der Waals surface area contributed by atoms with Crippen molar-refractivity contribution < 1.29 is 9.84 Å². The van der Waals surface area contributed by atoms with Crippen LogP contribution in [0.1, 0.15) is 24.1 Å². The molecular formula is C13H23N3O2. The van der Waals surface area contributed by atoms with Gasteiger partial charge in [-0.1, -0.05) is 0 Å². The highest BCUT2D eigenvalue weighted by Gasteiger charge is 2.21. The van der Waals surface area contributed by atoms with Gasteiger partial charge in [0, 0.05) is 38.5 Å². The van der Waals surface area contributed by atoms with Gasteiger partial charge in [0.2, 0.25) is 0 Å². The van der Waals surface area contributed by atoms with E-state index in [-0.39, 0.29) is 0 Å². The summed E-state index contributed by atoms with van der Waals surface area (Å²) in [6, 6.07) is 0. The normalized spacial score (nSPS) is 17.1. The van der Waals surface area contributed by atoms with Crippen LogP contribution in [0, 0.1) is 12.8 Å². The number of aliphatic hydroxyl groups is 1. The lowest BCUT2D eigenvalue weighted by molar-refractivity contribution is 0.0324. The number of nitrogens with one attached hydrogen (secondary N) is 1. The van der Waals surface area contributed by atoms with Crippen molar-refractivity contribution in [1.29, 1.82) is 0 Å². The maximum absolute atomic E-state index is 9.73. The van der Waals surface area contributed by atoms with E-state index in [1.807, 2.05) is 24.9 Å². The molecule has 0 spiro atoms. The van der Waals surface area contributed by atoms with Crippen molar-refractivity contribution in [3.05, 3.63) is 17.5 Å². The molecule has 2 rings (SSSR count). The van der Waals surface area contributed by atoms with Gasteiger partial charge in [0.25, 0.3) is 0 Å². The zero-order valence-corrected chi connectivity index (χ0v) is 11.2. The Kier molecular flexibility index (Phi) is 4.74. The smallest absolute Gasteiger partial charge is 0.0897 e. The molecule has 0 bridgehead atoms. The van der Waals surface area contributed by atoms with Gasteiger partial charge in [-0.05, 0) is 25.7 Å². The molecule has 2 N–H and O–H groups in total. The van der Waals surface area contributed by atoms with Crippen LogP contribution in [0.3, 0.4) is 0 Å². The Morgan fingerprint density at radius 1 is 1.61 bits per heavy atom. The molecule has 18 heavy (non-hydrogen) atoms. The van der Waals surface area contributed by atoms with Crippen molar-refractivity contribution in [2.75, 3.05) is 19.8 Å². The van der Waals surface area contributed by atoms with Crippen LogP contribution in [0.4, 0.5) is 0 Å². The predicted molar refractivity (Wildman–Crippen MR) is 69.2 cm³/mol. The molecule has 1 saturated carbocycles. The Balaban J connectivity index is 1.57. The molecule has 0 amide bonds. The summed E-state index contributed by atoms with van der Waals surface area (Å²) >= 11 is 0. The quantitative estimate of drug-likeness (QED) is 0.712. The number of ether oxygens (including phenoxy) is 1. The second kappa shape index (κ2) is 6.31. The standard InChI is InChI=1S/C13H23N3O2/c1-10-12(7-16(2)15-10)5-14-6-13(17)9-18-8-11-3-4-11/h7,11,13-14,17H,3-6,8-9H2,1-2H3. The molecule has 102 valence electrons. The Bertz CT molecular complexity index is 374. The van der Waals surface area contributed by atoms with E-state index in [0.717, 1.165) is 24.8 Å². The van der Waals surface area contributed by atoms with Gasteiger partial charge < -0.3 is 15.2 Å². The Morgan fingerprint density at radius 2 is 2.39 bits per heavy atom. The van der Waals surface area contributed by atoms with Gasteiger partial charge in [0.1, 0.15) is 0 Å². The van der Waals surface area contributed by atoms with Crippen LogP contribution in [-0.2, 0) is 18.3 Å². The van der Waals surface area contributed by atoms with E-state index in [9.17, 15) is 5.11 Å². The first-order valence-corrected chi connectivity index (χ1v) is 6.61. The van der Waals surface area contributed by atoms with Gasteiger partial charge in [-0.25, -0.2) is 0 Å². The van der Waals surface area contributed by atoms with E-state index in [1.165, 1.54) is 18.4 Å². The molecule has 1 atom stereocenters. The molecule has 0 radical (unpaired) electrons. The van der Waals surface area contributed by atoms with Gasteiger partial charge >= 0.3 is 0 Å². The van der Waals surface area contributed by atoms with Crippen LogP contribution in [-0.4, -0.2) is 40.7 Å². The average Bonchev–Trinajstić information content (AvgIpc) is 3.06. The number of aryl methyl sites for hydroxylation is 2. The second-order valence-electron chi connectivity index (χ2n) is 5.18. The summed E-state index contributed by atoms with van der Waals surface area (Å²) in [6.07, 6.45) is 4.14. The zero-order chi connectivity index (χ0) is 13.0. The largest absolute Gasteiger partial charge is 0.389 e. The Morgan fingerprint density at radius 3 is 3.00 bits per heavy atom. The average molecular weight is 253 g/mol. The van der Waals surface area contributed by atoms with E-state index in [2.05, 4.69) is 10.4 Å². The molecule has 0 saturated heterocycles. The number of aliphatic hydroxyl groups excluding tert-OH is 1. The van der Waals surface area contributed by atoms with Crippen molar-refractivity contribution in [2.45, 2.75) is 32.4 Å². The summed E-state index contributed by atoms with van der Waals surface area (Å²) in [4.78, 5) is 0. The lowest BCUT2D eigenvalue weighted by atomic mass is 10.2. The van der Waals surface area contributed by atoms with Crippen LogP contribution >= 0.6 is 0 Å². The van der Waals surface area contributed by atoms with Crippen molar-refractivity contribution >= 4 is 0 Å². The van der Waals surface area contributed by atoms with Crippen LogP contribution in [0.5, 0.6) is 0 Å². The van der Waals surface area contributed by atoms with Crippen LogP contribution in [0.25, 0.3) is 0 Å². The molecule has 1 aromatic heterocycles.